The molecule has 0 aliphatic carbocycles. The number of halogens is 2. The molecule has 10 heteroatoms. The highest BCUT2D eigenvalue weighted by atomic mass is 79.9. The van der Waals surface area contributed by atoms with Gasteiger partial charge in [-0.1, -0.05) is 45.4 Å². The van der Waals surface area contributed by atoms with Crippen LogP contribution in [0.4, 0.5) is 0 Å². The Morgan fingerprint density at radius 1 is 1.20 bits per heavy atom. The Morgan fingerprint density at radius 2 is 1.97 bits per heavy atom. The van der Waals surface area contributed by atoms with Crippen molar-refractivity contribution in [2.24, 2.45) is 5.10 Å². The number of phenolic OH excluding ortho intramolecular Hbond substituents is 1. The van der Waals surface area contributed by atoms with Crippen molar-refractivity contribution in [3.63, 3.8) is 0 Å². The Kier molecular flexibility index (Phi) is 6.07. The first-order valence-electron chi connectivity index (χ1n) is 8.71. The molecule has 1 aromatic heterocycles. The smallest absolute Gasteiger partial charge is 0.277 e. The molecule has 30 heavy (non-hydrogen) atoms. The molecule has 0 radical (unpaired) electrons. The summed E-state index contributed by atoms with van der Waals surface area (Å²) in [5.41, 5.74) is 5.81. The fourth-order valence-corrected chi connectivity index (χ4v) is 4.67. The Bertz CT molecular complexity index is 1190. The standard InChI is InChI=1S/C20H14Br2N4O3S/c1-10-2-4-11(5-3-10)19-25-26-20(29-19)30-9-16-14(18(28)24-23-16)7-12-6-13(21)8-15(22)17(12)27/h2-8,27H,9H2,1H3,(H,24,28)/b14-7-. The van der Waals surface area contributed by atoms with E-state index in [2.05, 4.69) is 52.6 Å². The summed E-state index contributed by atoms with van der Waals surface area (Å²) in [6.45, 7) is 2.01. The number of rotatable bonds is 5. The predicted octanol–water partition coefficient (Wildman–Crippen LogP) is 4.94. The maximum absolute atomic E-state index is 12.2. The molecule has 0 unspecified atom stereocenters. The molecule has 0 saturated carbocycles. The molecular weight excluding hydrogens is 536 g/mol. The Hall–Kier alpha value is -2.43. The quantitative estimate of drug-likeness (QED) is 0.345. The number of aryl methyl sites for hydroxylation is 1. The van der Waals surface area contributed by atoms with Crippen molar-refractivity contribution in [2.75, 3.05) is 5.75 Å². The monoisotopic (exact) mass is 548 g/mol. The fourth-order valence-electron chi connectivity index (χ4n) is 2.69. The summed E-state index contributed by atoms with van der Waals surface area (Å²) in [5.74, 6) is 0.472. The highest BCUT2D eigenvalue weighted by molar-refractivity contribution is 9.11. The van der Waals surface area contributed by atoms with E-state index >= 15 is 0 Å². The molecule has 0 bridgehead atoms. The van der Waals surface area contributed by atoms with Gasteiger partial charge in [0.15, 0.2) is 0 Å². The molecule has 0 spiro atoms. The van der Waals surface area contributed by atoms with E-state index in [9.17, 15) is 9.90 Å². The number of hydrazone groups is 1. The number of amides is 1. The van der Waals surface area contributed by atoms with Gasteiger partial charge in [0, 0.05) is 21.4 Å². The van der Waals surface area contributed by atoms with E-state index in [4.69, 9.17) is 4.42 Å². The third-order valence-electron chi connectivity index (χ3n) is 4.24. The van der Waals surface area contributed by atoms with Gasteiger partial charge in [-0.25, -0.2) is 5.43 Å². The van der Waals surface area contributed by atoms with Crippen LogP contribution in [-0.2, 0) is 4.79 Å². The molecular formula is C20H14Br2N4O3S. The predicted molar refractivity (Wildman–Crippen MR) is 122 cm³/mol. The van der Waals surface area contributed by atoms with Crippen molar-refractivity contribution in [2.45, 2.75) is 12.1 Å². The minimum Gasteiger partial charge on any atom is -0.506 e. The molecule has 4 rings (SSSR count). The van der Waals surface area contributed by atoms with Crippen LogP contribution >= 0.6 is 43.6 Å². The van der Waals surface area contributed by atoms with Crippen LogP contribution in [-0.4, -0.2) is 32.7 Å². The lowest BCUT2D eigenvalue weighted by Crippen LogP contribution is -2.13. The maximum atomic E-state index is 12.2. The summed E-state index contributed by atoms with van der Waals surface area (Å²) < 4.78 is 6.99. The third-order valence-corrected chi connectivity index (χ3v) is 6.13. The van der Waals surface area contributed by atoms with Crippen molar-refractivity contribution in [3.8, 4) is 17.2 Å². The molecule has 3 aromatic rings. The molecule has 1 amide bonds. The zero-order chi connectivity index (χ0) is 21.3. The number of carbonyl (C=O) groups excluding carboxylic acids is 1. The number of nitrogens with zero attached hydrogens (tertiary/aromatic N) is 3. The molecule has 152 valence electrons. The first-order valence-corrected chi connectivity index (χ1v) is 11.3. The number of aromatic hydroxyl groups is 1. The normalized spacial score (nSPS) is 14.8. The van der Waals surface area contributed by atoms with Gasteiger partial charge in [-0.2, -0.15) is 5.10 Å². The molecule has 7 nitrogen and oxygen atoms in total. The van der Waals surface area contributed by atoms with Gasteiger partial charge in [0.1, 0.15) is 5.75 Å². The van der Waals surface area contributed by atoms with Gasteiger partial charge in [-0.05, 0) is 53.2 Å². The van der Waals surface area contributed by atoms with Gasteiger partial charge in [0.2, 0.25) is 5.89 Å². The van der Waals surface area contributed by atoms with Gasteiger partial charge < -0.3 is 9.52 Å². The number of hydrogen-bond donors (Lipinski definition) is 2. The molecule has 0 atom stereocenters. The number of benzene rings is 2. The van der Waals surface area contributed by atoms with Crippen molar-refractivity contribution < 1.29 is 14.3 Å². The lowest BCUT2D eigenvalue weighted by Gasteiger charge is -2.05. The lowest BCUT2D eigenvalue weighted by molar-refractivity contribution is -0.116. The highest BCUT2D eigenvalue weighted by Gasteiger charge is 2.24. The van der Waals surface area contributed by atoms with Gasteiger partial charge in [-0.3, -0.25) is 4.79 Å². The second kappa shape index (κ2) is 8.75. The van der Waals surface area contributed by atoms with E-state index in [1.54, 1.807) is 18.2 Å². The van der Waals surface area contributed by atoms with Crippen LogP contribution in [0, 0.1) is 6.92 Å². The van der Waals surface area contributed by atoms with Crippen LogP contribution in [0.25, 0.3) is 17.5 Å². The number of hydrogen-bond acceptors (Lipinski definition) is 7. The molecule has 0 fully saturated rings. The number of thioether (sulfide) groups is 1. The van der Waals surface area contributed by atoms with Gasteiger partial charge in [-0.15, -0.1) is 10.2 Å². The second-order valence-electron chi connectivity index (χ2n) is 6.41. The minimum atomic E-state index is -0.341. The Balaban J connectivity index is 1.51. The minimum absolute atomic E-state index is 0.0389. The number of nitrogens with one attached hydrogen (secondary N) is 1. The molecule has 2 N–H and O–H groups in total. The number of phenols is 1. The largest absolute Gasteiger partial charge is 0.506 e. The molecule has 2 heterocycles. The fraction of sp³-hybridized carbons (Fsp3) is 0.100. The number of aromatic nitrogens is 2. The van der Waals surface area contributed by atoms with Crippen LogP contribution in [0.15, 0.2) is 65.7 Å². The number of carbonyl (C=O) groups is 1. The molecule has 2 aromatic carbocycles. The average molecular weight is 550 g/mol. The van der Waals surface area contributed by atoms with E-state index in [1.807, 2.05) is 31.2 Å². The van der Waals surface area contributed by atoms with Crippen molar-refractivity contribution in [3.05, 3.63) is 62.0 Å². The summed E-state index contributed by atoms with van der Waals surface area (Å²) in [6.07, 6.45) is 1.60. The van der Waals surface area contributed by atoms with Crippen LogP contribution in [0.3, 0.4) is 0 Å². The summed E-state index contributed by atoms with van der Waals surface area (Å²) in [6, 6.07) is 11.2. The summed E-state index contributed by atoms with van der Waals surface area (Å²) in [4.78, 5) is 12.2. The van der Waals surface area contributed by atoms with Crippen LogP contribution in [0.2, 0.25) is 0 Å². The third kappa shape index (κ3) is 4.50. The van der Waals surface area contributed by atoms with E-state index in [0.717, 1.165) is 15.6 Å². The zero-order valence-electron chi connectivity index (χ0n) is 15.5. The first-order chi connectivity index (χ1) is 14.4. The average Bonchev–Trinajstić information content (AvgIpc) is 3.32. The van der Waals surface area contributed by atoms with Crippen LogP contribution in [0.1, 0.15) is 11.1 Å². The van der Waals surface area contributed by atoms with E-state index in [0.29, 0.717) is 38.2 Å². The molecule has 1 aliphatic rings. The van der Waals surface area contributed by atoms with Gasteiger partial charge >= 0.3 is 0 Å². The summed E-state index contributed by atoms with van der Waals surface area (Å²) >= 11 is 7.95. The second-order valence-corrected chi connectivity index (χ2v) is 9.11. The van der Waals surface area contributed by atoms with Gasteiger partial charge in [0.25, 0.3) is 11.1 Å². The van der Waals surface area contributed by atoms with Crippen molar-refractivity contribution in [1.82, 2.24) is 15.6 Å². The highest BCUT2D eigenvalue weighted by Crippen LogP contribution is 2.34. The topological polar surface area (TPSA) is 101 Å². The molecule has 0 saturated heterocycles. The summed E-state index contributed by atoms with van der Waals surface area (Å²) in [5, 5.41) is 22.9. The van der Waals surface area contributed by atoms with E-state index < -0.39 is 0 Å². The van der Waals surface area contributed by atoms with E-state index in [1.165, 1.54) is 11.8 Å². The van der Waals surface area contributed by atoms with Gasteiger partial charge in [0.05, 0.1) is 15.8 Å². The Morgan fingerprint density at radius 3 is 2.73 bits per heavy atom. The van der Waals surface area contributed by atoms with Crippen LogP contribution < -0.4 is 5.43 Å². The zero-order valence-corrected chi connectivity index (χ0v) is 19.5. The maximum Gasteiger partial charge on any atom is 0.277 e. The first kappa shape index (κ1) is 20.8. The lowest BCUT2D eigenvalue weighted by atomic mass is 10.1. The molecule has 1 aliphatic heterocycles. The van der Waals surface area contributed by atoms with Crippen LogP contribution in [0.5, 0.6) is 5.75 Å². The SMILES string of the molecule is Cc1ccc(-c2nnc(SCC3=NNC(=O)/C3=C\c3cc(Br)cc(Br)c3O)o2)cc1. The van der Waals surface area contributed by atoms with E-state index in [-0.39, 0.29) is 11.7 Å². The summed E-state index contributed by atoms with van der Waals surface area (Å²) in [7, 11) is 0. The van der Waals surface area contributed by atoms with Crippen molar-refractivity contribution in [1.29, 1.82) is 0 Å². The van der Waals surface area contributed by atoms with Crippen molar-refractivity contribution >= 4 is 61.3 Å². The Labute approximate surface area is 192 Å².